The Morgan fingerprint density at radius 3 is 2.44 bits per heavy atom. The molecule has 0 aromatic rings. The SMILES string of the molecule is CCCO[PH](=O)CCC. The number of hydrogen-bond acceptors (Lipinski definition) is 2. The van der Waals surface area contributed by atoms with Gasteiger partial charge in [0.2, 0.25) is 0 Å². The van der Waals surface area contributed by atoms with E-state index in [1.807, 2.05) is 13.8 Å². The smallest absolute Gasteiger partial charge is 0.191 e. The van der Waals surface area contributed by atoms with E-state index in [-0.39, 0.29) is 0 Å². The highest BCUT2D eigenvalue weighted by Crippen LogP contribution is 2.22. The predicted octanol–water partition coefficient (Wildman–Crippen LogP) is 2.30. The third-order valence-electron chi connectivity index (χ3n) is 0.921. The zero-order valence-electron chi connectivity index (χ0n) is 6.14. The van der Waals surface area contributed by atoms with Gasteiger partial charge in [-0.3, -0.25) is 4.57 Å². The first kappa shape index (κ1) is 9.19. The van der Waals surface area contributed by atoms with E-state index in [0.29, 0.717) is 6.61 Å². The fraction of sp³-hybridized carbons (Fsp3) is 1.00. The van der Waals surface area contributed by atoms with Gasteiger partial charge in [0.05, 0.1) is 6.61 Å². The van der Waals surface area contributed by atoms with Gasteiger partial charge < -0.3 is 4.52 Å². The van der Waals surface area contributed by atoms with Crippen LogP contribution in [0.15, 0.2) is 0 Å². The second kappa shape index (κ2) is 6.31. The van der Waals surface area contributed by atoms with Crippen molar-refractivity contribution in [3.8, 4) is 0 Å². The molecule has 3 heteroatoms. The molecule has 0 fully saturated rings. The summed E-state index contributed by atoms with van der Waals surface area (Å²) in [6.45, 7) is 4.68. The predicted molar refractivity (Wildman–Crippen MR) is 40.4 cm³/mol. The molecule has 0 bridgehead atoms. The Bertz CT molecular complexity index is 83.1. The lowest BCUT2D eigenvalue weighted by molar-refractivity contribution is 0.328. The molecule has 0 amide bonds. The monoisotopic (exact) mass is 150 g/mol. The van der Waals surface area contributed by atoms with Gasteiger partial charge in [-0.2, -0.15) is 0 Å². The summed E-state index contributed by atoms with van der Waals surface area (Å²) in [7, 11) is -1.65. The molecular weight excluding hydrogens is 135 g/mol. The van der Waals surface area contributed by atoms with Gasteiger partial charge in [0, 0.05) is 6.16 Å². The van der Waals surface area contributed by atoms with Gasteiger partial charge in [0.25, 0.3) is 0 Å². The summed E-state index contributed by atoms with van der Waals surface area (Å²) in [5.74, 6) is 0. The summed E-state index contributed by atoms with van der Waals surface area (Å²) in [5, 5.41) is 0. The fourth-order valence-corrected chi connectivity index (χ4v) is 1.48. The van der Waals surface area contributed by atoms with Crippen LogP contribution in [0, 0.1) is 0 Å². The average molecular weight is 150 g/mol. The van der Waals surface area contributed by atoms with E-state index >= 15 is 0 Å². The Morgan fingerprint density at radius 2 is 2.00 bits per heavy atom. The first-order valence-electron chi connectivity index (χ1n) is 3.46. The normalized spacial score (nSPS) is 13.6. The molecule has 0 N–H and O–H groups in total. The van der Waals surface area contributed by atoms with E-state index in [2.05, 4.69) is 0 Å². The number of hydrogen-bond donors (Lipinski definition) is 0. The molecule has 0 aliphatic rings. The van der Waals surface area contributed by atoms with Crippen molar-refractivity contribution in [3.05, 3.63) is 0 Å². The van der Waals surface area contributed by atoms with E-state index in [1.54, 1.807) is 0 Å². The van der Waals surface area contributed by atoms with Crippen LogP contribution in [-0.4, -0.2) is 12.8 Å². The molecule has 0 aromatic heterocycles. The molecule has 0 aromatic carbocycles. The van der Waals surface area contributed by atoms with Crippen LogP contribution in [0.1, 0.15) is 26.7 Å². The van der Waals surface area contributed by atoms with Gasteiger partial charge in [-0.25, -0.2) is 0 Å². The van der Waals surface area contributed by atoms with Gasteiger partial charge in [-0.15, -0.1) is 0 Å². The van der Waals surface area contributed by atoms with E-state index in [4.69, 9.17) is 4.52 Å². The standard InChI is InChI=1S/C6H15O2P/c1-3-5-8-9(7)6-4-2/h9H,3-6H2,1-2H3. The Morgan fingerprint density at radius 1 is 1.33 bits per heavy atom. The Kier molecular flexibility index (Phi) is 6.45. The summed E-state index contributed by atoms with van der Waals surface area (Å²) >= 11 is 0. The van der Waals surface area contributed by atoms with Crippen molar-refractivity contribution in [2.45, 2.75) is 26.7 Å². The van der Waals surface area contributed by atoms with Crippen LogP contribution in [0.5, 0.6) is 0 Å². The summed E-state index contributed by atoms with van der Waals surface area (Å²) in [4.78, 5) is 0. The summed E-state index contributed by atoms with van der Waals surface area (Å²) in [5.41, 5.74) is 0. The number of rotatable bonds is 5. The largest absolute Gasteiger partial charge is 0.330 e. The zero-order valence-corrected chi connectivity index (χ0v) is 7.14. The lowest BCUT2D eigenvalue weighted by Gasteiger charge is -1.98. The molecule has 0 aliphatic carbocycles. The van der Waals surface area contributed by atoms with Crippen LogP contribution in [0.4, 0.5) is 0 Å². The molecule has 0 rings (SSSR count). The van der Waals surface area contributed by atoms with Crippen molar-refractivity contribution < 1.29 is 9.09 Å². The van der Waals surface area contributed by atoms with Crippen molar-refractivity contribution in [3.63, 3.8) is 0 Å². The highest BCUT2D eigenvalue weighted by molar-refractivity contribution is 7.39. The van der Waals surface area contributed by atoms with Crippen molar-refractivity contribution in [2.24, 2.45) is 0 Å². The second-order valence-corrected chi connectivity index (χ2v) is 3.50. The molecule has 1 unspecified atom stereocenters. The Hall–Kier alpha value is 0.190. The molecule has 0 radical (unpaired) electrons. The molecule has 0 heterocycles. The summed E-state index contributed by atoms with van der Waals surface area (Å²) in [6.07, 6.45) is 2.66. The molecule has 0 saturated heterocycles. The van der Waals surface area contributed by atoms with Crippen molar-refractivity contribution >= 4 is 8.03 Å². The minimum absolute atomic E-state index is 0.651. The van der Waals surface area contributed by atoms with Gasteiger partial charge in [0.1, 0.15) is 0 Å². The minimum Gasteiger partial charge on any atom is -0.330 e. The Balaban J connectivity index is 3.06. The minimum atomic E-state index is -1.65. The molecule has 1 atom stereocenters. The summed E-state index contributed by atoms with van der Waals surface area (Å²) in [6, 6.07) is 0. The topological polar surface area (TPSA) is 26.3 Å². The highest BCUT2D eigenvalue weighted by Gasteiger charge is 1.94. The second-order valence-electron chi connectivity index (χ2n) is 1.97. The maximum Gasteiger partial charge on any atom is 0.191 e. The van der Waals surface area contributed by atoms with Gasteiger partial charge in [-0.05, 0) is 12.8 Å². The van der Waals surface area contributed by atoms with E-state index in [1.165, 1.54) is 0 Å². The van der Waals surface area contributed by atoms with Crippen LogP contribution < -0.4 is 0 Å². The van der Waals surface area contributed by atoms with Crippen LogP contribution in [0.3, 0.4) is 0 Å². The maximum absolute atomic E-state index is 10.8. The van der Waals surface area contributed by atoms with Crippen LogP contribution in [-0.2, 0) is 9.09 Å². The quantitative estimate of drug-likeness (QED) is 0.562. The molecule has 0 spiro atoms. The lowest BCUT2D eigenvalue weighted by Crippen LogP contribution is -1.84. The van der Waals surface area contributed by atoms with E-state index < -0.39 is 8.03 Å². The molecule has 0 saturated carbocycles. The third kappa shape index (κ3) is 6.07. The zero-order chi connectivity index (χ0) is 7.11. The van der Waals surface area contributed by atoms with Crippen molar-refractivity contribution in [2.75, 3.05) is 12.8 Å². The van der Waals surface area contributed by atoms with Gasteiger partial charge in [-0.1, -0.05) is 13.8 Å². The molecule has 9 heavy (non-hydrogen) atoms. The van der Waals surface area contributed by atoms with Crippen LogP contribution in [0.2, 0.25) is 0 Å². The molecular formula is C6H15O2P. The molecule has 0 aliphatic heterocycles. The molecule has 56 valence electrons. The van der Waals surface area contributed by atoms with Crippen LogP contribution >= 0.6 is 8.03 Å². The first-order chi connectivity index (χ1) is 4.31. The van der Waals surface area contributed by atoms with Gasteiger partial charge >= 0.3 is 0 Å². The van der Waals surface area contributed by atoms with Crippen molar-refractivity contribution in [1.82, 2.24) is 0 Å². The fourth-order valence-electron chi connectivity index (χ4n) is 0.492. The third-order valence-corrected chi connectivity index (χ3v) is 2.36. The highest BCUT2D eigenvalue weighted by atomic mass is 31.1. The maximum atomic E-state index is 10.8. The van der Waals surface area contributed by atoms with Crippen molar-refractivity contribution in [1.29, 1.82) is 0 Å². The van der Waals surface area contributed by atoms with E-state index in [0.717, 1.165) is 19.0 Å². The van der Waals surface area contributed by atoms with Gasteiger partial charge in [0.15, 0.2) is 8.03 Å². The Labute approximate surface area is 57.5 Å². The lowest BCUT2D eigenvalue weighted by atomic mass is 10.5. The first-order valence-corrected chi connectivity index (χ1v) is 4.99. The average Bonchev–Trinajstić information content (AvgIpc) is 1.85. The van der Waals surface area contributed by atoms with E-state index in [9.17, 15) is 4.57 Å². The molecule has 2 nitrogen and oxygen atoms in total. The van der Waals surface area contributed by atoms with Crippen LogP contribution in [0.25, 0.3) is 0 Å². The summed E-state index contributed by atoms with van der Waals surface area (Å²) < 4.78 is 15.7.